The minimum atomic E-state index is -3.59. The molecule has 0 bridgehead atoms. The largest absolute Gasteiger partial charge is 0.371 e. The number of amides is 1. The quantitative estimate of drug-likeness (QED) is 0.747. The second-order valence-corrected chi connectivity index (χ2v) is 8.71. The Morgan fingerprint density at radius 2 is 1.92 bits per heavy atom. The van der Waals surface area contributed by atoms with Crippen LogP contribution in [-0.4, -0.2) is 65.4 Å². The van der Waals surface area contributed by atoms with E-state index in [1.165, 1.54) is 20.2 Å². The first-order valence-electron chi connectivity index (χ1n) is 8.54. The van der Waals surface area contributed by atoms with Crippen LogP contribution in [0.3, 0.4) is 0 Å². The second-order valence-electron chi connectivity index (χ2n) is 6.56. The van der Waals surface area contributed by atoms with Crippen molar-refractivity contribution in [3.63, 3.8) is 0 Å². The van der Waals surface area contributed by atoms with Crippen LogP contribution in [-0.2, 0) is 10.0 Å². The van der Waals surface area contributed by atoms with Crippen LogP contribution < -0.4 is 15.5 Å². The van der Waals surface area contributed by atoms with Gasteiger partial charge in [-0.3, -0.25) is 4.79 Å². The van der Waals surface area contributed by atoms with Crippen molar-refractivity contribution < 1.29 is 13.2 Å². The molecule has 0 aliphatic carbocycles. The maximum atomic E-state index is 12.7. The number of sulfonamides is 1. The Kier molecular flexibility index (Phi) is 6.42. The van der Waals surface area contributed by atoms with Gasteiger partial charge in [-0.25, -0.2) is 12.7 Å². The lowest BCUT2D eigenvalue weighted by Gasteiger charge is -2.23. The van der Waals surface area contributed by atoms with Gasteiger partial charge in [0, 0.05) is 45.5 Å². The summed E-state index contributed by atoms with van der Waals surface area (Å²) in [7, 11) is 1.21. The summed E-state index contributed by atoms with van der Waals surface area (Å²) in [6.07, 6.45) is 2.16. The fourth-order valence-corrected chi connectivity index (χ4v) is 3.67. The molecular formula is C17H28N4O3S. The minimum absolute atomic E-state index is 0.132. The smallest absolute Gasteiger partial charge is 0.253 e. The summed E-state index contributed by atoms with van der Waals surface area (Å²) in [5.41, 5.74) is 1.21. The van der Waals surface area contributed by atoms with Crippen LogP contribution in [0, 0.1) is 0 Å². The summed E-state index contributed by atoms with van der Waals surface area (Å²) in [6, 6.07) is 4.95. The molecular weight excluding hydrogens is 340 g/mol. The molecule has 7 nitrogen and oxygen atoms in total. The van der Waals surface area contributed by atoms with Gasteiger partial charge >= 0.3 is 0 Å². The van der Waals surface area contributed by atoms with Gasteiger partial charge in [0.2, 0.25) is 10.0 Å². The molecule has 0 spiro atoms. The van der Waals surface area contributed by atoms with Gasteiger partial charge in [0.15, 0.2) is 0 Å². The zero-order valence-corrected chi connectivity index (χ0v) is 16.2. The third-order valence-corrected chi connectivity index (χ3v) is 6.31. The number of anilines is 1. The molecule has 1 aliphatic rings. The molecule has 1 atom stereocenters. The number of rotatable bonds is 7. The van der Waals surface area contributed by atoms with Crippen molar-refractivity contribution in [1.82, 2.24) is 14.9 Å². The Bertz CT molecular complexity index is 713. The number of carbonyl (C=O) groups is 1. The fourth-order valence-electron chi connectivity index (χ4n) is 2.75. The SMILES string of the molecule is CNC(C)CNC(=O)c1cc(S(=O)(=O)N(C)C)ccc1N1CCCC1. The topological polar surface area (TPSA) is 81.7 Å². The first-order valence-corrected chi connectivity index (χ1v) is 9.98. The standard InChI is InChI=1S/C17H28N4O3S/c1-13(18-2)12-19-17(22)15-11-14(25(23,24)20(3)4)7-8-16(15)21-9-5-6-10-21/h7-8,11,13,18H,5-6,9-10,12H2,1-4H3,(H,19,22). The van der Waals surface area contributed by atoms with E-state index in [9.17, 15) is 13.2 Å². The predicted octanol–water partition coefficient (Wildman–Crippen LogP) is 0.875. The van der Waals surface area contributed by atoms with E-state index < -0.39 is 10.0 Å². The van der Waals surface area contributed by atoms with Gasteiger partial charge in [0.1, 0.15) is 0 Å². The van der Waals surface area contributed by atoms with Crippen molar-refractivity contribution in [1.29, 1.82) is 0 Å². The molecule has 8 heteroatoms. The normalized spacial score (nSPS) is 16.3. The zero-order valence-electron chi connectivity index (χ0n) is 15.4. The Hall–Kier alpha value is -1.64. The molecule has 0 saturated carbocycles. The van der Waals surface area contributed by atoms with E-state index in [0.717, 1.165) is 35.9 Å². The molecule has 1 unspecified atom stereocenters. The molecule has 25 heavy (non-hydrogen) atoms. The van der Waals surface area contributed by atoms with E-state index in [0.29, 0.717) is 12.1 Å². The monoisotopic (exact) mass is 368 g/mol. The highest BCUT2D eigenvalue weighted by atomic mass is 32.2. The maximum Gasteiger partial charge on any atom is 0.253 e. The molecule has 140 valence electrons. The summed E-state index contributed by atoms with van der Waals surface area (Å²) in [6.45, 7) is 4.20. The lowest BCUT2D eigenvalue weighted by atomic mass is 10.1. The molecule has 0 aromatic heterocycles. The maximum absolute atomic E-state index is 12.7. The lowest BCUT2D eigenvalue weighted by molar-refractivity contribution is 0.0951. The summed E-state index contributed by atoms with van der Waals surface area (Å²) >= 11 is 0. The number of nitrogens with one attached hydrogen (secondary N) is 2. The number of carbonyl (C=O) groups excluding carboxylic acids is 1. The molecule has 1 aliphatic heterocycles. The van der Waals surface area contributed by atoms with Crippen molar-refractivity contribution in [2.24, 2.45) is 0 Å². The van der Waals surface area contributed by atoms with Crippen LogP contribution in [0.4, 0.5) is 5.69 Å². The van der Waals surface area contributed by atoms with E-state index in [1.54, 1.807) is 12.1 Å². The van der Waals surface area contributed by atoms with E-state index in [2.05, 4.69) is 15.5 Å². The third kappa shape index (κ3) is 4.50. The highest BCUT2D eigenvalue weighted by Gasteiger charge is 2.24. The van der Waals surface area contributed by atoms with E-state index >= 15 is 0 Å². The Morgan fingerprint density at radius 1 is 1.28 bits per heavy atom. The van der Waals surface area contributed by atoms with Gasteiger partial charge in [-0.15, -0.1) is 0 Å². The number of likely N-dealkylation sites (N-methyl/N-ethyl adjacent to an activating group) is 1. The summed E-state index contributed by atoms with van der Waals surface area (Å²) in [5.74, 6) is -0.250. The van der Waals surface area contributed by atoms with Gasteiger partial charge in [-0.1, -0.05) is 0 Å². The molecule has 0 radical (unpaired) electrons. The predicted molar refractivity (Wildman–Crippen MR) is 99.6 cm³/mol. The fraction of sp³-hybridized carbons (Fsp3) is 0.588. The van der Waals surface area contributed by atoms with Crippen molar-refractivity contribution >= 4 is 21.6 Å². The average molecular weight is 369 g/mol. The van der Waals surface area contributed by atoms with Crippen LogP contribution in [0.5, 0.6) is 0 Å². The van der Waals surface area contributed by atoms with Crippen LogP contribution in [0.25, 0.3) is 0 Å². The summed E-state index contributed by atoms with van der Waals surface area (Å²) in [5, 5.41) is 5.95. The van der Waals surface area contributed by atoms with Crippen molar-refractivity contribution in [2.45, 2.75) is 30.7 Å². The highest BCUT2D eigenvalue weighted by Crippen LogP contribution is 2.28. The molecule has 1 amide bonds. The van der Waals surface area contributed by atoms with Gasteiger partial charge in [0.05, 0.1) is 10.5 Å². The second kappa shape index (κ2) is 8.16. The number of nitrogens with zero attached hydrogens (tertiary/aromatic N) is 2. The molecule has 1 fully saturated rings. The Balaban J connectivity index is 2.39. The molecule has 1 heterocycles. The first kappa shape index (κ1) is 19.7. The zero-order chi connectivity index (χ0) is 18.6. The average Bonchev–Trinajstić information content (AvgIpc) is 3.12. The number of hydrogen-bond donors (Lipinski definition) is 2. The van der Waals surface area contributed by atoms with Crippen LogP contribution in [0.15, 0.2) is 23.1 Å². The Labute approximate surface area is 150 Å². The van der Waals surface area contributed by atoms with Crippen molar-refractivity contribution in [3.8, 4) is 0 Å². The summed E-state index contributed by atoms with van der Waals surface area (Å²) in [4.78, 5) is 15.0. The summed E-state index contributed by atoms with van der Waals surface area (Å²) < 4.78 is 26.0. The number of hydrogen-bond acceptors (Lipinski definition) is 5. The number of benzene rings is 1. The Morgan fingerprint density at radius 3 is 2.48 bits per heavy atom. The van der Waals surface area contributed by atoms with Crippen LogP contribution in [0.1, 0.15) is 30.1 Å². The van der Waals surface area contributed by atoms with E-state index in [-0.39, 0.29) is 16.8 Å². The third-order valence-electron chi connectivity index (χ3n) is 4.50. The van der Waals surface area contributed by atoms with E-state index in [1.807, 2.05) is 14.0 Å². The lowest BCUT2D eigenvalue weighted by Crippen LogP contribution is -2.38. The van der Waals surface area contributed by atoms with Gasteiger partial charge in [-0.05, 0) is 45.0 Å². The van der Waals surface area contributed by atoms with Crippen molar-refractivity contribution in [3.05, 3.63) is 23.8 Å². The van der Waals surface area contributed by atoms with Crippen LogP contribution in [0.2, 0.25) is 0 Å². The minimum Gasteiger partial charge on any atom is -0.371 e. The van der Waals surface area contributed by atoms with Gasteiger partial charge < -0.3 is 15.5 Å². The molecule has 2 rings (SSSR count). The molecule has 2 N–H and O–H groups in total. The van der Waals surface area contributed by atoms with Crippen LogP contribution >= 0.6 is 0 Å². The van der Waals surface area contributed by atoms with Gasteiger partial charge in [0.25, 0.3) is 5.91 Å². The van der Waals surface area contributed by atoms with E-state index in [4.69, 9.17) is 0 Å². The first-order chi connectivity index (χ1) is 11.8. The molecule has 1 saturated heterocycles. The van der Waals surface area contributed by atoms with Crippen molar-refractivity contribution in [2.75, 3.05) is 45.7 Å². The highest BCUT2D eigenvalue weighted by molar-refractivity contribution is 7.89. The molecule has 1 aromatic carbocycles. The molecule has 1 aromatic rings. The van der Waals surface area contributed by atoms with Gasteiger partial charge in [-0.2, -0.15) is 0 Å².